The van der Waals surface area contributed by atoms with Gasteiger partial charge in [-0.25, -0.2) is 4.39 Å². The Hall–Kier alpha value is -0.600. The molecule has 1 saturated heterocycles. The number of nitrogens with one attached hydrogen (secondary N) is 1. The Morgan fingerprint density at radius 1 is 1.44 bits per heavy atom. The molecule has 1 aliphatic heterocycles. The maximum absolute atomic E-state index is 13.1. The summed E-state index contributed by atoms with van der Waals surface area (Å²) in [5.41, 5.74) is 0.924. The fourth-order valence-electron chi connectivity index (χ4n) is 2.88. The van der Waals surface area contributed by atoms with Crippen LogP contribution >= 0.6 is 35.6 Å². The monoisotopic (exact) mass is 483 g/mol. The molecule has 7 heteroatoms. The van der Waals surface area contributed by atoms with Crippen LogP contribution in [0, 0.1) is 11.7 Å². The van der Waals surface area contributed by atoms with Crippen molar-refractivity contribution < 1.29 is 9.13 Å². The van der Waals surface area contributed by atoms with E-state index in [4.69, 9.17) is 21.3 Å². The Balaban J connectivity index is 0.00000312. The molecule has 0 saturated carbocycles. The first kappa shape index (κ1) is 22.4. The second-order valence-electron chi connectivity index (χ2n) is 5.98. The third-order valence-corrected chi connectivity index (χ3v) is 4.49. The van der Waals surface area contributed by atoms with Crippen molar-refractivity contribution in [3.05, 3.63) is 34.6 Å². The van der Waals surface area contributed by atoms with Gasteiger partial charge in [-0.3, -0.25) is 4.99 Å². The summed E-state index contributed by atoms with van der Waals surface area (Å²) < 4.78 is 18.6. The Bertz CT molecular complexity index is 559. The molecule has 1 aromatic rings. The summed E-state index contributed by atoms with van der Waals surface area (Å²) in [6, 6.07) is 4.52. The van der Waals surface area contributed by atoms with Crippen LogP contribution in [-0.4, -0.2) is 50.3 Å². The SMILES string of the molecule is CCNC(=NCCc1ccc(F)cc1Cl)N1CCC(COCC)C1.I. The van der Waals surface area contributed by atoms with Gasteiger partial charge in [-0.15, -0.1) is 24.0 Å². The fourth-order valence-corrected chi connectivity index (χ4v) is 3.14. The number of hydrogen-bond acceptors (Lipinski definition) is 2. The average molecular weight is 484 g/mol. The molecule has 0 aliphatic carbocycles. The molecule has 0 aromatic heterocycles. The normalized spacial score (nSPS) is 17.5. The summed E-state index contributed by atoms with van der Waals surface area (Å²) in [6.07, 6.45) is 1.83. The molecule has 1 heterocycles. The first-order chi connectivity index (χ1) is 11.6. The highest BCUT2D eigenvalue weighted by molar-refractivity contribution is 14.0. The second-order valence-corrected chi connectivity index (χ2v) is 6.39. The zero-order valence-electron chi connectivity index (χ0n) is 14.9. The molecule has 1 fully saturated rings. The predicted octanol–water partition coefficient (Wildman–Crippen LogP) is 3.96. The number of guanidine groups is 1. The van der Waals surface area contributed by atoms with Crippen LogP contribution in [-0.2, 0) is 11.2 Å². The Morgan fingerprint density at radius 2 is 2.24 bits per heavy atom. The van der Waals surface area contributed by atoms with Gasteiger partial charge >= 0.3 is 0 Å². The number of aliphatic imine (C=N–C) groups is 1. The van der Waals surface area contributed by atoms with Crippen molar-refractivity contribution in [1.29, 1.82) is 0 Å². The number of benzene rings is 1. The molecule has 1 aromatic carbocycles. The van der Waals surface area contributed by atoms with E-state index in [2.05, 4.69) is 17.1 Å². The van der Waals surface area contributed by atoms with Gasteiger partial charge in [-0.2, -0.15) is 0 Å². The molecule has 0 radical (unpaired) electrons. The van der Waals surface area contributed by atoms with Crippen molar-refractivity contribution in [2.75, 3.05) is 39.4 Å². The molecule has 4 nitrogen and oxygen atoms in total. The molecular formula is C18H28ClFIN3O. The summed E-state index contributed by atoms with van der Waals surface area (Å²) in [7, 11) is 0. The third-order valence-electron chi connectivity index (χ3n) is 4.14. The number of halogens is 3. The molecule has 0 bridgehead atoms. The maximum Gasteiger partial charge on any atom is 0.193 e. The van der Waals surface area contributed by atoms with Crippen molar-refractivity contribution in [3.63, 3.8) is 0 Å². The smallest absolute Gasteiger partial charge is 0.193 e. The standard InChI is InChI=1S/C18H27ClFN3O.HI/c1-3-21-18(23-10-8-14(12-23)13-24-4-2)22-9-7-15-5-6-16(20)11-17(15)19;/h5-6,11,14H,3-4,7-10,12-13H2,1-2H3,(H,21,22);1H. The van der Waals surface area contributed by atoms with Gasteiger partial charge in [-0.05, 0) is 44.4 Å². The van der Waals surface area contributed by atoms with Gasteiger partial charge in [0, 0.05) is 43.7 Å². The van der Waals surface area contributed by atoms with Gasteiger partial charge < -0.3 is 15.0 Å². The summed E-state index contributed by atoms with van der Waals surface area (Å²) in [5, 5.41) is 3.82. The van der Waals surface area contributed by atoms with Gasteiger partial charge in [0.1, 0.15) is 5.82 Å². The molecule has 0 amide bonds. The van der Waals surface area contributed by atoms with E-state index in [0.29, 0.717) is 23.9 Å². The molecule has 2 rings (SSSR count). The van der Waals surface area contributed by atoms with Gasteiger partial charge in [-0.1, -0.05) is 17.7 Å². The van der Waals surface area contributed by atoms with Crippen molar-refractivity contribution in [2.45, 2.75) is 26.7 Å². The zero-order valence-corrected chi connectivity index (χ0v) is 18.0. The van der Waals surface area contributed by atoms with E-state index in [1.165, 1.54) is 12.1 Å². The van der Waals surface area contributed by atoms with E-state index < -0.39 is 0 Å². The number of hydrogen-bond donors (Lipinski definition) is 1. The summed E-state index contributed by atoms with van der Waals surface area (Å²) in [6.45, 7) is 9.12. The van der Waals surface area contributed by atoms with Crippen LogP contribution in [0.4, 0.5) is 4.39 Å². The van der Waals surface area contributed by atoms with E-state index in [0.717, 1.165) is 50.8 Å². The van der Waals surface area contributed by atoms with Crippen LogP contribution in [0.15, 0.2) is 23.2 Å². The topological polar surface area (TPSA) is 36.9 Å². The number of nitrogens with zero attached hydrogens (tertiary/aromatic N) is 2. The lowest BCUT2D eigenvalue weighted by Gasteiger charge is -2.21. The Labute approximate surface area is 172 Å². The van der Waals surface area contributed by atoms with E-state index in [1.54, 1.807) is 6.07 Å². The van der Waals surface area contributed by atoms with Gasteiger partial charge in [0.25, 0.3) is 0 Å². The van der Waals surface area contributed by atoms with Crippen molar-refractivity contribution in [1.82, 2.24) is 10.2 Å². The molecule has 1 unspecified atom stereocenters. The van der Waals surface area contributed by atoms with Crippen molar-refractivity contribution in [2.24, 2.45) is 10.9 Å². The zero-order chi connectivity index (χ0) is 17.4. The van der Waals surface area contributed by atoms with E-state index in [9.17, 15) is 4.39 Å². The highest BCUT2D eigenvalue weighted by Crippen LogP contribution is 2.19. The highest BCUT2D eigenvalue weighted by Gasteiger charge is 2.24. The maximum atomic E-state index is 13.1. The largest absolute Gasteiger partial charge is 0.381 e. The third kappa shape index (κ3) is 7.27. The van der Waals surface area contributed by atoms with Crippen LogP contribution in [0.5, 0.6) is 0 Å². The molecule has 25 heavy (non-hydrogen) atoms. The molecule has 1 aliphatic rings. The molecular weight excluding hydrogens is 456 g/mol. The number of rotatable bonds is 7. The predicted molar refractivity (Wildman–Crippen MR) is 113 cm³/mol. The fraction of sp³-hybridized carbons (Fsp3) is 0.611. The summed E-state index contributed by atoms with van der Waals surface area (Å²) in [4.78, 5) is 7.00. The Morgan fingerprint density at radius 3 is 2.92 bits per heavy atom. The van der Waals surface area contributed by atoms with Crippen LogP contribution in [0.25, 0.3) is 0 Å². The minimum absolute atomic E-state index is 0. The van der Waals surface area contributed by atoms with Crippen LogP contribution < -0.4 is 5.32 Å². The minimum atomic E-state index is -0.307. The van der Waals surface area contributed by atoms with Crippen molar-refractivity contribution in [3.8, 4) is 0 Å². The summed E-state index contributed by atoms with van der Waals surface area (Å²) >= 11 is 6.07. The average Bonchev–Trinajstić information content (AvgIpc) is 3.03. The summed E-state index contributed by atoms with van der Waals surface area (Å²) in [5.74, 6) is 1.20. The van der Waals surface area contributed by atoms with Gasteiger partial charge in [0.15, 0.2) is 5.96 Å². The molecule has 142 valence electrons. The first-order valence-electron chi connectivity index (χ1n) is 8.69. The van der Waals surface area contributed by atoms with E-state index >= 15 is 0 Å². The lowest BCUT2D eigenvalue weighted by molar-refractivity contribution is 0.114. The Kier molecular flexibility index (Phi) is 10.7. The highest BCUT2D eigenvalue weighted by atomic mass is 127. The molecule has 1 N–H and O–H groups in total. The van der Waals surface area contributed by atoms with Gasteiger partial charge in [0.2, 0.25) is 0 Å². The van der Waals surface area contributed by atoms with Crippen LogP contribution in [0.3, 0.4) is 0 Å². The lowest BCUT2D eigenvalue weighted by atomic mass is 10.1. The number of likely N-dealkylation sites (tertiary alicyclic amines) is 1. The second kappa shape index (κ2) is 11.9. The molecule has 1 atom stereocenters. The van der Waals surface area contributed by atoms with Crippen LogP contribution in [0.1, 0.15) is 25.8 Å². The molecule has 0 spiro atoms. The quantitative estimate of drug-likeness (QED) is 0.362. The van der Waals surface area contributed by atoms with Gasteiger partial charge in [0.05, 0.1) is 6.61 Å². The first-order valence-corrected chi connectivity index (χ1v) is 9.06. The van der Waals surface area contributed by atoms with Crippen LogP contribution in [0.2, 0.25) is 5.02 Å². The van der Waals surface area contributed by atoms with Crippen molar-refractivity contribution >= 4 is 41.5 Å². The van der Waals surface area contributed by atoms with E-state index in [1.807, 2.05) is 6.92 Å². The lowest BCUT2D eigenvalue weighted by Crippen LogP contribution is -2.40. The van der Waals surface area contributed by atoms with E-state index in [-0.39, 0.29) is 29.8 Å². The number of ether oxygens (including phenoxy) is 1. The minimum Gasteiger partial charge on any atom is -0.381 e.